The second kappa shape index (κ2) is 7.30. The highest BCUT2D eigenvalue weighted by Crippen LogP contribution is 2.38. The molecule has 2 aromatic rings. The van der Waals surface area contributed by atoms with Crippen LogP contribution in [0, 0.1) is 0 Å². The zero-order chi connectivity index (χ0) is 20.4. The summed E-state index contributed by atoms with van der Waals surface area (Å²) in [5, 5.41) is 1.81. The Morgan fingerprint density at radius 1 is 1.11 bits per heavy atom. The Bertz CT molecular complexity index is 927. The molecule has 144 valence electrons. The fourth-order valence-electron chi connectivity index (χ4n) is 2.83. The first-order chi connectivity index (χ1) is 13.3. The second-order valence-electron chi connectivity index (χ2n) is 6.03. The predicted molar refractivity (Wildman–Crippen MR) is 97.6 cm³/mol. The van der Waals surface area contributed by atoms with Crippen LogP contribution < -0.4 is 5.32 Å². The van der Waals surface area contributed by atoms with Gasteiger partial charge in [-0.25, -0.2) is 4.99 Å². The molecule has 1 atom stereocenters. The van der Waals surface area contributed by atoms with Gasteiger partial charge in [-0.15, -0.1) is 6.58 Å². The molecule has 0 aromatic heterocycles. The fourth-order valence-corrected chi connectivity index (χ4v) is 2.83. The standard InChI is InChI=1S/C20H16F3N3O2/c1-2-13-26-16(14-9-5-3-6-10-14)24-19(18(26)28,20(21,22)23)25-17(27)15-11-7-4-8-12-15/h2-12H,1,13H2,(H,25,27). The molecular formula is C20H16F3N3O2. The quantitative estimate of drug-likeness (QED) is 0.802. The van der Waals surface area contributed by atoms with Crippen LogP contribution in [0.1, 0.15) is 15.9 Å². The Morgan fingerprint density at radius 3 is 2.21 bits per heavy atom. The van der Waals surface area contributed by atoms with Crippen molar-refractivity contribution >= 4 is 17.6 Å². The summed E-state index contributed by atoms with van der Waals surface area (Å²) >= 11 is 0. The molecule has 1 aliphatic rings. The molecule has 0 saturated heterocycles. The number of hydrogen-bond acceptors (Lipinski definition) is 3. The Morgan fingerprint density at radius 2 is 1.68 bits per heavy atom. The molecule has 0 saturated carbocycles. The number of carbonyl (C=O) groups excluding carboxylic acids is 2. The number of carbonyl (C=O) groups is 2. The van der Waals surface area contributed by atoms with E-state index in [9.17, 15) is 22.8 Å². The normalized spacial score (nSPS) is 19.3. The SMILES string of the molecule is C=CCN1C(=O)C(NC(=O)c2ccccc2)(C(F)(F)F)N=C1c1ccccc1. The topological polar surface area (TPSA) is 61.8 Å². The van der Waals surface area contributed by atoms with E-state index in [1.54, 1.807) is 24.3 Å². The predicted octanol–water partition coefficient (Wildman–Crippen LogP) is 3.15. The van der Waals surface area contributed by atoms with Crippen molar-refractivity contribution in [3.05, 3.63) is 84.4 Å². The van der Waals surface area contributed by atoms with E-state index in [0.717, 1.165) is 4.90 Å². The third-order valence-electron chi connectivity index (χ3n) is 4.17. The first-order valence-electron chi connectivity index (χ1n) is 8.32. The number of nitrogens with zero attached hydrogens (tertiary/aromatic N) is 2. The first kappa shape index (κ1) is 19.3. The molecule has 8 heteroatoms. The minimum atomic E-state index is -5.15. The third-order valence-corrected chi connectivity index (χ3v) is 4.17. The van der Waals surface area contributed by atoms with Gasteiger partial charge in [-0.1, -0.05) is 54.6 Å². The highest BCUT2D eigenvalue weighted by molar-refractivity contribution is 6.16. The maximum absolute atomic E-state index is 14.0. The largest absolute Gasteiger partial charge is 0.442 e. The summed E-state index contributed by atoms with van der Waals surface area (Å²) in [5.74, 6) is -2.62. The van der Waals surface area contributed by atoms with Gasteiger partial charge in [-0.2, -0.15) is 13.2 Å². The molecule has 0 aliphatic carbocycles. The first-order valence-corrected chi connectivity index (χ1v) is 8.32. The van der Waals surface area contributed by atoms with Crippen molar-refractivity contribution in [1.82, 2.24) is 10.2 Å². The molecule has 3 rings (SSSR count). The summed E-state index contributed by atoms with van der Waals surface area (Å²) in [6, 6.07) is 15.3. The molecule has 0 fully saturated rings. The van der Waals surface area contributed by atoms with Gasteiger partial charge in [-0.3, -0.25) is 14.5 Å². The number of alkyl halides is 3. The highest BCUT2D eigenvalue weighted by atomic mass is 19.4. The van der Waals surface area contributed by atoms with Crippen molar-refractivity contribution in [1.29, 1.82) is 0 Å². The van der Waals surface area contributed by atoms with Gasteiger partial charge in [0.2, 0.25) is 0 Å². The summed E-state index contributed by atoms with van der Waals surface area (Å²) in [6.07, 6.45) is -3.85. The molecule has 0 spiro atoms. The zero-order valence-corrected chi connectivity index (χ0v) is 14.6. The van der Waals surface area contributed by atoms with E-state index in [0.29, 0.717) is 5.56 Å². The summed E-state index contributed by atoms with van der Waals surface area (Å²) < 4.78 is 42.1. The van der Waals surface area contributed by atoms with Crippen molar-refractivity contribution in [2.45, 2.75) is 11.8 Å². The van der Waals surface area contributed by atoms with E-state index in [1.165, 1.54) is 42.5 Å². The number of amidine groups is 1. The molecule has 5 nitrogen and oxygen atoms in total. The van der Waals surface area contributed by atoms with Gasteiger partial charge in [-0.05, 0) is 12.1 Å². The average molecular weight is 387 g/mol. The van der Waals surface area contributed by atoms with Crippen LogP contribution >= 0.6 is 0 Å². The fraction of sp³-hybridized carbons (Fsp3) is 0.150. The third kappa shape index (κ3) is 3.28. The molecule has 2 aromatic carbocycles. The minimum Gasteiger partial charge on any atom is -0.312 e. The van der Waals surface area contributed by atoms with Crippen molar-refractivity contribution in [2.24, 2.45) is 4.99 Å². The molecule has 1 aliphatic heterocycles. The number of hydrogen-bond donors (Lipinski definition) is 1. The number of halogens is 3. The van der Waals surface area contributed by atoms with Gasteiger partial charge in [0.1, 0.15) is 5.84 Å². The molecule has 1 N–H and O–H groups in total. The second-order valence-corrected chi connectivity index (χ2v) is 6.03. The van der Waals surface area contributed by atoms with E-state index in [1.807, 2.05) is 5.32 Å². The Labute approximate surface area is 159 Å². The van der Waals surface area contributed by atoms with Crippen LogP contribution in [0.3, 0.4) is 0 Å². The van der Waals surface area contributed by atoms with E-state index in [4.69, 9.17) is 0 Å². The van der Waals surface area contributed by atoms with Crippen LogP contribution in [0.2, 0.25) is 0 Å². The number of benzene rings is 2. The van der Waals surface area contributed by atoms with Crippen LogP contribution in [0.15, 0.2) is 78.3 Å². The molecule has 1 unspecified atom stereocenters. The van der Waals surface area contributed by atoms with Crippen molar-refractivity contribution < 1.29 is 22.8 Å². The smallest absolute Gasteiger partial charge is 0.312 e. The van der Waals surface area contributed by atoms with Gasteiger partial charge in [0.05, 0.1) is 0 Å². The van der Waals surface area contributed by atoms with Crippen molar-refractivity contribution in [2.75, 3.05) is 6.54 Å². The maximum atomic E-state index is 14.0. The average Bonchev–Trinajstić information content (AvgIpc) is 2.97. The van der Waals surface area contributed by atoms with Gasteiger partial charge >= 0.3 is 11.8 Å². The number of nitrogens with one attached hydrogen (secondary N) is 1. The van der Waals surface area contributed by atoms with E-state index < -0.39 is 23.7 Å². The Hall–Kier alpha value is -3.42. The van der Waals surface area contributed by atoms with Crippen LogP contribution in [0.4, 0.5) is 13.2 Å². The van der Waals surface area contributed by atoms with Crippen LogP contribution in [-0.4, -0.2) is 40.9 Å². The Balaban J connectivity index is 2.11. The number of amides is 2. The summed E-state index contributed by atoms with van der Waals surface area (Å²) in [6.45, 7) is 3.30. The van der Waals surface area contributed by atoms with Gasteiger partial charge in [0, 0.05) is 17.7 Å². The number of rotatable bonds is 5. The molecule has 0 radical (unpaired) electrons. The molecule has 28 heavy (non-hydrogen) atoms. The zero-order valence-electron chi connectivity index (χ0n) is 14.6. The van der Waals surface area contributed by atoms with E-state index in [2.05, 4.69) is 11.6 Å². The summed E-state index contributed by atoms with van der Waals surface area (Å²) in [4.78, 5) is 29.8. The van der Waals surface area contributed by atoms with Crippen molar-refractivity contribution in [3.8, 4) is 0 Å². The van der Waals surface area contributed by atoms with Gasteiger partial charge in [0.15, 0.2) is 0 Å². The lowest BCUT2D eigenvalue weighted by Gasteiger charge is -2.28. The maximum Gasteiger partial charge on any atom is 0.442 e. The Kier molecular flexibility index (Phi) is 5.04. The lowest BCUT2D eigenvalue weighted by molar-refractivity contribution is -0.196. The molecular weight excluding hydrogens is 371 g/mol. The van der Waals surface area contributed by atoms with E-state index in [-0.39, 0.29) is 17.9 Å². The van der Waals surface area contributed by atoms with Gasteiger partial charge < -0.3 is 5.32 Å². The molecule has 1 heterocycles. The minimum absolute atomic E-state index is 0.0162. The number of aliphatic imine (C=N–C) groups is 1. The van der Waals surface area contributed by atoms with Gasteiger partial charge in [0.25, 0.3) is 11.8 Å². The molecule has 0 bridgehead atoms. The van der Waals surface area contributed by atoms with Crippen LogP contribution in [-0.2, 0) is 4.79 Å². The highest BCUT2D eigenvalue weighted by Gasteiger charge is 2.67. The van der Waals surface area contributed by atoms with Crippen LogP contribution in [0.5, 0.6) is 0 Å². The lowest BCUT2D eigenvalue weighted by atomic mass is 10.1. The monoisotopic (exact) mass is 387 g/mol. The lowest BCUT2D eigenvalue weighted by Crippen LogP contribution is -2.63. The van der Waals surface area contributed by atoms with Crippen molar-refractivity contribution in [3.63, 3.8) is 0 Å². The summed E-state index contributed by atoms with van der Waals surface area (Å²) in [5.41, 5.74) is -3.11. The molecule has 2 amide bonds. The van der Waals surface area contributed by atoms with E-state index >= 15 is 0 Å². The van der Waals surface area contributed by atoms with Crippen LogP contribution in [0.25, 0.3) is 0 Å². The summed E-state index contributed by atoms with van der Waals surface area (Å²) in [7, 11) is 0.